The molecule has 0 radical (unpaired) electrons. The van der Waals surface area contributed by atoms with Crippen molar-refractivity contribution < 1.29 is 4.79 Å². The van der Waals surface area contributed by atoms with Crippen LogP contribution in [0.2, 0.25) is 0 Å². The van der Waals surface area contributed by atoms with E-state index in [1.807, 2.05) is 16.8 Å². The average Bonchev–Trinajstić information content (AvgIpc) is 3.04. The molecule has 24 heavy (non-hydrogen) atoms. The summed E-state index contributed by atoms with van der Waals surface area (Å²) in [5.74, 6) is 0.474. The number of rotatable bonds is 4. The van der Waals surface area contributed by atoms with Crippen molar-refractivity contribution in [3.8, 4) is 22.5 Å². The normalized spacial score (nSPS) is 18.5. The second kappa shape index (κ2) is 5.24. The van der Waals surface area contributed by atoms with Crippen molar-refractivity contribution in [3.63, 3.8) is 0 Å². The molecule has 1 aliphatic carbocycles. The number of hydrogen-bond acceptors (Lipinski definition) is 5. The Hall–Kier alpha value is -2.54. The molecular weight excluding hydrogens is 322 g/mol. The number of aromatic amines is 1. The Morgan fingerprint density at radius 2 is 2.21 bits per heavy atom. The number of primary amides is 1. The summed E-state index contributed by atoms with van der Waals surface area (Å²) < 4.78 is 0. The SMILES string of the molecule is CC1(C)CC1c1cnc(C(N)=O)c(-c2ccsc2)c1-c1nnc[nH]1. The minimum atomic E-state index is -0.543. The van der Waals surface area contributed by atoms with Crippen molar-refractivity contribution in [1.82, 2.24) is 20.2 Å². The zero-order chi connectivity index (χ0) is 16.9. The van der Waals surface area contributed by atoms with E-state index in [0.717, 1.165) is 28.7 Å². The van der Waals surface area contributed by atoms with Gasteiger partial charge in [-0.05, 0) is 45.7 Å². The zero-order valence-electron chi connectivity index (χ0n) is 13.4. The first-order chi connectivity index (χ1) is 11.5. The number of pyridine rings is 1. The quantitative estimate of drug-likeness (QED) is 0.762. The topological polar surface area (TPSA) is 97.6 Å². The fourth-order valence-corrected chi connectivity index (χ4v) is 3.89. The van der Waals surface area contributed by atoms with Crippen molar-refractivity contribution in [1.29, 1.82) is 0 Å². The smallest absolute Gasteiger partial charge is 0.267 e. The molecule has 6 nitrogen and oxygen atoms in total. The summed E-state index contributed by atoms with van der Waals surface area (Å²) in [5.41, 5.74) is 9.71. The van der Waals surface area contributed by atoms with E-state index in [1.54, 1.807) is 23.9 Å². The van der Waals surface area contributed by atoms with E-state index in [0.29, 0.717) is 11.7 Å². The molecule has 3 aromatic rings. The van der Waals surface area contributed by atoms with Crippen LogP contribution in [0.5, 0.6) is 0 Å². The lowest BCUT2D eigenvalue weighted by Gasteiger charge is -2.15. The molecule has 0 aliphatic heterocycles. The number of amides is 1. The van der Waals surface area contributed by atoms with Gasteiger partial charge in [-0.1, -0.05) is 13.8 Å². The summed E-state index contributed by atoms with van der Waals surface area (Å²) in [4.78, 5) is 19.5. The van der Waals surface area contributed by atoms with Gasteiger partial charge in [0.2, 0.25) is 0 Å². The number of H-pyrrole nitrogens is 1. The number of carbonyl (C=O) groups excluding carboxylic acids is 1. The summed E-state index contributed by atoms with van der Waals surface area (Å²) in [5, 5.41) is 12.1. The molecule has 1 aliphatic rings. The van der Waals surface area contributed by atoms with Crippen molar-refractivity contribution in [2.24, 2.45) is 11.1 Å². The third-order valence-electron chi connectivity index (χ3n) is 4.69. The van der Waals surface area contributed by atoms with E-state index >= 15 is 0 Å². The maximum absolute atomic E-state index is 12.0. The highest BCUT2D eigenvalue weighted by Gasteiger charge is 2.48. The largest absolute Gasteiger partial charge is 0.364 e. The first-order valence-corrected chi connectivity index (χ1v) is 8.65. The van der Waals surface area contributed by atoms with E-state index in [1.165, 1.54) is 0 Å². The van der Waals surface area contributed by atoms with E-state index in [2.05, 4.69) is 34.0 Å². The third-order valence-corrected chi connectivity index (χ3v) is 5.38. The van der Waals surface area contributed by atoms with Gasteiger partial charge in [-0.3, -0.25) is 9.78 Å². The number of aromatic nitrogens is 4. The van der Waals surface area contributed by atoms with E-state index < -0.39 is 5.91 Å². The molecule has 0 saturated heterocycles. The Kier molecular flexibility index (Phi) is 3.28. The standard InChI is InChI=1S/C17H17N5OS/c1-17(2)5-11(17)10-6-19-14(15(18)23)12(9-3-4-24-7-9)13(10)16-20-8-21-22-16/h3-4,6-8,11H,5H2,1-2H3,(H2,18,23)(H,20,21,22). The second-order valence-corrected chi connectivity index (χ2v) is 7.55. The lowest BCUT2D eigenvalue weighted by molar-refractivity contribution is 0.0996. The summed E-state index contributed by atoms with van der Waals surface area (Å²) >= 11 is 1.56. The van der Waals surface area contributed by atoms with Gasteiger partial charge in [-0.15, -0.1) is 10.2 Å². The van der Waals surface area contributed by atoms with E-state index in [-0.39, 0.29) is 11.1 Å². The molecule has 1 atom stereocenters. The minimum Gasteiger partial charge on any atom is -0.364 e. The molecule has 3 N–H and O–H groups in total. The maximum Gasteiger partial charge on any atom is 0.267 e. The molecule has 3 aromatic heterocycles. The highest BCUT2D eigenvalue weighted by atomic mass is 32.1. The first-order valence-electron chi connectivity index (χ1n) is 7.71. The lowest BCUT2D eigenvalue weighted by Crippen LogP contribution is -2.16. The Balaban J connectivity index is 2.04. The number of carbonyl (C=O) groups is 1. The Morgan fingerprint density at radius 1 is 1.42 bits per heavy atom. The van der Waals surface area contributed by atoms with E-state index in [9.17, 15) is 4.79 Å². The Morgan fingerprint density at radius 3 is 2.75 bits per heavy atom. The predicted octanol–water partition coefficient (Wildman–Crippen LogP) is 3.21. The molecule has 7 heteroatoms. The third kappa shape index (κ3) is 2.32. The molecular formula is C17H17N5OS. The molecule has 0 aromatic carbocycles. The minimum absolute atomic E-state index is 0.219. The van der Waals surface area contributed by atoms with Crippen LogP contribution in [0.1, 0.15) is 42.2 Å². The van der Waals surface area contributed by atoms with Gasteiger partial charge in [0.15, 0.2) is 5.82 Å². The van der Waals surface area contributed by atoms with Crippen molar-refractivity contribution >= 4 is 17.2 Å². The molecule has 1 amide bonds. The van der Waals surface area contributed by atoms with Gasteiger partial charge >= 0.3 is 0 Å². The molecule has 1 saturated carbocycles. The molecule has 0 spiro atoms. The lowest BCUT2D eigenvalue weighted by atomic mass is 9.91. The van der Waals surface area contributed by atoms with Crippen LogP contribution in [-0.4, -0.2) is 26.1 Å². The summed E-state index contributed by atoms with van der Waals surface area (Å²) in [7, 11) is 0. The number of nitrogens with zero attached hydrogens (tertiary/aromatic N) is 3. The van der Waals surface area contributed by atoms with Crippen LogP contribution >= 0.6 is 11.3 Å². The molecule has 3 heterocycles. The fourth-order valence-electron chi connectivity index (χ4n) is 3.25. The van der Waals surface area contributed by atoms with Crippen molar-refractivity contribution in [2.75, 3.05) is 0 Å². The van der Waals surface area contributed by atoms with Gasteiger partial charge in [0.25, 0.3) is 5.91 Å². The number of nitrogens with one attached hydrogen (secondary N) is 1. The van der Waals surface area contributed by atoms with Crippen molar-refractivity contribution in [2.45, 2.75) is 26.2 Å². The van der Waals surface area contributed by atoms with Crippen LogP contribution in [0.25, 0.3) is 22.5 Å². The van der Waals surface area contributed by atoms with Crippen LogP contribution < -0.4 is 5.73 Å². The molecule has 1 fully saturated rings. The van der Waals surface area contributed by atoms with Gasteiger partial charge in [0, 0.05) is 17.3 Å². The van der Waals surface area contributed by atoms with Crippen LogP contribution in [0.4, 0.5) is 0 Å². The average molecular weight is 339 g/mol. The van der Waals surface area contributed by atoms with Gasteiger partial charge in [-0.25, -0.2) is 0 Å². The van der Waals surface area contributed by atoms with Crippen LogP contribution in [0.3, 0.4) is 0 Å². The first kappa shape index (κ1) is 15.0. The summed E-state index contributed by atoms with van der Waals surface area (Å²) in [6.07, 6.45) is 4.39. The van der Waals surface area contributed by atoms with Crippen LogP contribution in [0, 0.1) is 5.41 Å². The van der Waals surface area contributed by atoms with Crippen molar-refractivity contribution in [3.05, 3.63) is 40.6 Å². The summed E-state index contributed by atoms with van der Waals surface area (Å²) in [6.45, 7) is 4.46. The number of nitrogens with two attached hydrogens (primary N) is 1. The zero-order valence-corrected chi connectivity index (χ0v) is 14.2. The number of thiophene rings is 1. The van der Waals surface area contributed by atoms with Gasteiger partial charge < -0.3 is 10.7 Å². The fraction of sp³-hybridized carbons (Fsp3) is 0.294. The molecule has 4 rings (SSSR count). The molecule has 122 valence electrons. The van der Waals surface area contributed by atoms with Crippen LogP contribution in [-0.2, 0) is 0 Å². The summed E-state index contributed by atoms with van der Waals surface area (Å²) in [6, 6.07) is 1.97. The van der Waals surface area contributed by atoms with Gasteiger partial charge in [-0.2, -0.15) is 11.3 Å². The van der Waals surface area contributed by atoms with Gasteiger partial charge in [0.05, 0.1) is 0 Å². The monoisotopic (exact) mass is 339 g/mol. The second-order valence-electron chi connectivity index (χ2n) is 6.77. The van der Waals surface area contributed by atoms with Crippen LogP contribution in [0.15, 0.2) is 29.4 Å². The van der Waals surface area contributed by atoms with E-state index in [4.69, 9.17) is 5.73 Å². The Bertz CT molecular complexity index is 899. The highest BCUT2D eigenvalue weighted by molar-refractivity contribution is 7.08. The molecule has 0 bridgehead atoms. The Labute approximate surface area is 143 Å². The molecule has 1 unspecified atom stereocenters. The maximum atomic E-state index is 12.0. The van der Waals surface area contributed by atoms with Gasteiger partial charge in [0.1, 0.15) is 12.0 Å². The highest BCUT2D eigenvalue weighted by Crippen LogP contribution is 2.60. The predicted molar refractivity (Wildman–Crippen MR) is 92.6 cm³/mol. The number of hydrogen-bond donors (Lipinski definition) is 2.